The lowest BCUT2D eigenvalue weighted by Gasteiger charge is -2.09. The minimum atomic E-state index is -4.90. The zero-order valence-electron chi connectivity index (χ0n) is 14.3. The molecule has 9 heteroatoms. The molecular formula is C18H14ClF3N2O3. The molecule has 3 rings (SSSR count). The first-order valence-corrected chi connectivity index (χ1v) is 8.30. The van der Waals surface area contributed by atoms with Crippen LogP contribution in [0.1, 0.15) is 28.4 Å². The van der Waals surface area contributed by atoms with Crippen LogP contribution in [0.5, 0.6) is 0 Å². The quantitative estimate of drug-likeness (QED) is 0.663. The van der Waals surface area contributed by atoms with Crippen LogP contribution in [0.4, 0.5) is 13.2 Å². The van der Waals surface area contributed by atoms with Gasteiger partial charge < -0.3 is 14.1 Å². The highest BCUT2D eigenvalue weighted by molar-refractivity contribution is 6.31. The van der Waals surface area contributed by atoms with E-state index in [1.54, 1.807) is 25.1 Å². The number of fused-ring (bicyclic) bond motifs is 1. The SMILES string of the molecule is CCOC(=O)c1cn2cc(-c3ccc(C)c(Cl)c3)[nH]c(=O)c2c1C(F)(F)F. The molecule has 0 radical (unpaired) electrons. The highest BCUT2D eigenvalue weighted by atomic mass is 35.5. The molecule has 2 aromatic heterocycles. The number of aromatic amines is 1. The minimum Gasteiger partial charge on any atom is -0.462 e. The molecule has 5 nitrogen and oxygen atoms in total. The number of hydrogen-bond acceptors (Lipinski definition) is 3. The summed E-state index contributed by atoms with van der Waals surface area (Å²) in [6.07, 6.45) is -2.65. The molecule has 0 saturated carbocycles. The molecule has 1 N–H and O–H groups in total. The van der Waals surface area contributed by atoms with Gasteiger partial charge in [-0.1, -0.05) is 23.7 Å². The molecule has 0 fully saturated rings. The molecule has 0 amide bonds. The zero-order valence-corrected chi connectivity index (χ0v) is 15.0. The average Bonchev–Trinajstić information content (AvgIpc) is 2.98. The smallest absolute Gasteiger partial charge is 0.419 e. The van der Waals surface area contributed by atoms with Crippen LogP contribution in [0.2, 0.25) is 5.02 Å². The van der Waals surface area contributed by atoms with Crippen molar-refractivity contribution in [3.63, 3.8) is 0 Å². The molecular weight excluding hydrogens is 385 g/mol. The molecule has 3 aromatic rings. The van der Waals surface area contributed by atoms with Gasteiger partial charge in [0.1, 0.15) is 11.1 Å². The van der Waals surface area contributed by atoms with Crippen LogP contribution in [0.15, 0.2) is 35.4 Å². The predicted molar refractivity (Wildman–Crippen MR) is 94.2 cm³/mol. The van der Waals surface area contributed by atoms with Gasteiger partial charge in [-0.15, -0.1) is 0 Å². The Morgan fingerprint density at radius 3 is 2.59 bits per heavy atom. The number of H-pyrrole nitrogens is 1. The number of carbonyl (C=O) groups is 1. The minimum absolute atomic E-state index is 0.0915. The van der Waals surface area contributed by atoms with Crippen molar-refractivity contribution in [3.8, 4) is 11.3 Å². The van der Waals surface area contributed by atoms with Gasteiger partial charge in [-0.25, -0.2) is 4.79 Å². The molecule has 1 aromatic carbocycles. The maximum atomic E-state index is 13.5. The van der Waals surface area contributed by atoms with Crippen molar-refractivity contribution in [3.05, 3.63) is 62.7 Å². The lowest BCUT2D eigenvalue weighted by atomic mass is 10.1. The number of halogens is 4. The van der Waals surface area contributed by atoms with E-state index in [1.807, 2.05) is 0 Å². The van der Waals surface area contributed by atoms with E-state index >= 15 is 0 Å². The molecule has 0 aliphatic heterocycles. The van der Waals surface area contributed by atoms with E-state index < -0.39 is 34.3 Å². The number of ether oxygens (including phenoxy) is 1. The summed E-state index contributed by atoms with van der Waals surface area (Å²) < 4.78 is 46.2. The van der Waals surface area contributed by atoms with Gasteiger partial charge in [0, 0.05) is 23.0 Å². The highest BCUT2D eigenvalue weighted by Crippen LogP contribution is 2.36. The first-order chi connectivity index (χ1) is 12.6. The Balaban J connectivity index is 2.28. The van der Waals surface area contributed by atoms with E-state index in [1.165, 1.54) is 13.1 Å². The van der Waals surface area contributed by atoms with Crippen LogP contribution in [0.25, 0.3) is 16.8 Å². The second kappa shape index (κ2) is 6.77. The van der Waals surface area contributed by atoms with E-state index in [9.17, 15) is 22.8 Å². The predicted octanol–water partition coefficient (Wildman–Crippen LogP) is 4.45. The Bertz CT molecular complexity index is 1100. The number of benzene rings is 1. The molecule has 0 unspecified atom stereocenters. The fourth-order valence-corrected chi connectivity index (χ4v) is 2.95. The van der Waals surface area contributed by atoms with Gasteiger partial charge >= 0.3 is 12.1 Å². The average molecular weight is 399 g/mol. The van der Waals surface area contributed by atoms with E-state index in [2.05, 4.69) is 4.98 Å². The first-order valence-electron chi connectivity index (χ1n) is 7.92. The number of carbonyl (C=O) groups excluding carboxylic acids is 1. The van der Waals surface area contributed by atoms with Crippen LogP contribution >= 0.6 is 11.6 Å². The normalized spacial score (nSPS) is 11.8. The molecule has 142 valence electrons. The van der Waals surface area contributed by atoms with Crippen LogP contribution in [-0.2, 0) is 10.9 Å². The fraction of sp³-hybridized carbons (Fsp3) is 0.222. The summed E-state index contributed by atoms with van der Waals surface area (Å²) in [5.74, 6) is -1.15. The summed E-state index contributed by atoms with van der Waals surface area (Å²) in [5.41, 5.74) is -2.10. The summed E-state index contributed by atoms with van der Waals surface area (Å²) >= 11 is 6.08. The molecule has 0 bridgehead atoms. The second-order valence-corrected chi connectivity index (χ2v) is 6.26. The third-order valence-corrected chi connectivity index (χ3v) is 4.43. The van der Waals surface area contributed by atoms with E-state index in [0.717, 1.165) is 16.2 Å². The summed E-state index contributed by atoms with van der Waals surface area (Å²) in [4.78, 5) is 26.8. The number of aryl methyl sites for hydroxylation is 1. The van der Waals surface area contributed by atoms with Gasteiger partial charge in [-0.05, 0) is 25.5 Å². The number of nitrogens with one attached hydrogen (secondary N) is 1. The Kier molecular flexibility index (Phi) is 4.77. The molecule has 0 aliphatic rings. The summed E-state index contributed by atoms with van der Waals surface area (Å²) in [6.45, 7) is 3.18. The molecule has 2 heterocycles. The van der Waals surface area contributed by atoms with Gasteiger partial charge in [0.25, 0.3) is 5.56 Å². The first kappa shape index (κ1) is 19.0. The third-order valence-electron chi connectivity index (χ3n) is 4.03. The standard InChI is InChI=1S/C18H14ClF3N2O3/c1-3-27-17(26)11-7-24-8-13(10-5-4-9(2)12(19)6-10)23-16(25)15(24)14(11)18(20,21)22/h4-8H,3H2,1-2H3,(H,23,25). The van der Waals surface area contributed by atoms with Crippen molar-refractivity contribution in [1.82, 2.24) is 9.38 Å². The molecule has 0 atom stereocenters. The van der Waals surface area contributed by atoms with Gasteiger partial charge in [-0.2, -0.15) is 13.2 Å². The van der Waals surface area contributed by atoms with Crippen molar-refractivity contribution >= 4 is 23.1 Å². The number of esters is 1. The number of nitrogens with zero attached hydrogens (tertiary/aromatic N) is 1. The maximum Gasteiger partial charge on any atom is 0.419 e. The highest BCUT2D eigenvalue weighted by Gasteiger charge is 2.40. The lowest BCUT2D eigenvalue weighted by Crippen LogP contribution is -2.18. The van der Waals surface area contributed by atoms with Crippen LogP contribution in [0.3, 0.4) is 0 Å². The van der Waals surface area contributed by atoms with Crippen LogP contribution < -0.4 is 5.56 Å². The topological polar surface area (TPSA) is 63.6 Å². The third kappa shape index (κ3) is 3.44. The fourth-order valence-electron chi connectivity index (χ4n) is 2.77. The van der Waals surface area contributed by atoms with Gasteiger partial charge in [0.15, 0.2) is 0 Å². The van der Waals surface area contributed by atoms with Gasteiger partial charge in [-0.3, -0.25) is 4.79 Å². The largest absolute Gasteiger partial charge is 0.462 e. The van der Waals surface area contributed by atoms with Gasteiger partial charge in [0.2, 0.25) is 0 Å². The summed E-state index contributed by atoms with van der Waals surface area (Å²) in [6, 6.07) is 4.99. The molecule has 0 saturated heterocycles. The Morgan fingerprint density at radius 2 is 2.00 bits per heavy atom. The maximum absolute atomic E-state index is 13.5. The number of alkyl halides is 3. The van der Waals surface area contributed by atoms with E-state index in [-0.39, 0.29) is 12.3 Å². The van der Waals surface area contributed by atoms with Gasteiger partial charge in [0.05, 0.1) is 17.9 Å². The Morgan fingerprint density at radius 1 is 1.30 bits per heavy atom. The summed E-state index contributed by atoms with van der Waals surface area (Å²) in [5, 5.41) is 0.448. The number of hydrogen-bond donors (Lipinski definition) is 1. The lowest BCUT2D eigenvalue weighted by molar-refractivity contribution is -0.136. The van der Waals surface area contributed by atoms with Crippen molar-refractivity contribution in [1.29, 1.82) is 0 Å². The van der Waals surface area contributed by atoms with Crippen molar-refractivity contribution in [2.24, 2.45) is 0 Å². The zero-order chi connectivity index (χ0) is 19.9. The summed E-state index contributed by atoms with van der Waals surface area (Å²) in [7, 11) is 0. The monoisotopic (exact) mass is 398 g/mol. The van der Waals surface area contributed by atoms with Crippen molar-refractivity contribution in [2.75, 3.05) is 6.61 Å². The number of rotatable bonds is 3. The Labute approximate surface area is 156 Å². The van der Waals surface area contributed by atoms with Crippen LogP contribution in [0, 0.1) is 6.92 Å². The van der Waals surface area contributed by atoms with E-state index in [4.69, 9.17) is 16.3 Å². The molecule has 27 heavy (non-hydrogen) atoms. The Hall–Kier alpha value is -2.74. The molecule has 0 aliphatic carbocycles. The second-order valence-electron chi connectivity index (χ2n) is 5.85. The molecule has 0 spiro atoms. The van der Waals surface area contributed by atoms with Crippen molar-refractivity contribution < 1.29 is 22.7 Å². The van der Waals surface area contributed by atoms with E-state index in [0.29, 0.717) is 10.6 Å². The number of aromatic nitrogens is 2. The van der Waals surface area contributed by atoms with Crippen LogP contribution in [-0.4, -0.2) is 22.0 Å². The van der Waals surface area contributed by atoms with Crippen molar-refractivity contribution in [2.45, 2.75) is 20.0 Å².